The van der Waals surface area contributed by atoms with E-state index in [1.165, 1.54) is 6.42 Å². The fraction of sp³-hybridized carbons (Fsp3) is 0.647. The second-order valence-electron chi connectivity index (χ2n) is 6.84. The molecule has 1 aromatic carbocycles. The van der Waals surface area contributed by atoms with Gasteiger partial charge in [-0.05, 0) is 55.7 Å². The fourth-order valence-electron chi connectivity index (χ4n) is 4.04. The number of phenolic OH excluding ortho intramolecular Hbond substituents is 1. The molecule has 1 aliphatic heterocycles. The van der Waals surface area contributed by atoms with Crippen molar-refractivity contribution < 1.29 is 9.84 Å². The van der Waals surface area contributed by atoms with E-state index in [1.54, 1.807) is 0 Å². The van der Waals surface area contributed by atoms with Crippen molar-refractivity contribution in [3.05, 3.63) is 23.3 Å². The minimum atomic E-state index is -0.0971. The summed E-state index contributed by atoms with van der Waals surface area (Å²) < 4.78 is 6.41. The van der Waals surface area contributed by atoms with E-state index in [0.29, 0.717) is 23.5 Å². The molecule has 3 rings (SSSR count). The molecule has 1 heterocycles. The van der Waals surface area contributed by atoms with Crippen LogP contribution in [0.5, 0.6) is 11.5 Å². The summed E-state index contributed by atoms with van der Waals surface area (Å²) in [6, 6.07) is 3.96. The number of aromatic hydroxyl groups is 1. The van der Waals surface area contributed by atoms with E-state index in [9.17, 15) is 5.11 Å². The highest BCUT2D eigenvalue weighted by molar-refractivity contribution is 5.54. The number of hydrogen-bond acceptors (Lipinski definition) is 2. The quantitative estimate of drug-likeness (QED) is 0.811. The Labute approximate surface area is 115 Å². The summed E-state index contributed by atoms with van der Waals surface area (Å²) in [6.45, 7) is 8.82. The molecule has 2 heteroatoms. The Morgan fingerprint density at radius 2 is 2.11 bits per heavy atom. The first kappa shape index (κ1) is 12.8. The van der Waals surface area contributed by atoms with E-state index in [2.05, 4.69) is 26.8 Å². The van der Waals surface area contributed by atoms with Gasteiger partial charge in [0.25, 0.3) is 0 Å². The van der Waals surface area contributed by atoms with Crippen LogP contribution in [0.15, 0.2) is 12.1 Å². The van der Waals surface area contributed by atoms with Crippen LogP contribution < -0.4 is 4.74 Å². The maximum atomic E-state index is 10.4. The molecule has 0 amide bonds. The fourth-order valence-corrected chi connectivity index (χ4v) is 4.04. The lowest BCUT2D eigenvalue weighted by molar-refractivity contribution is -0.0188. The lowest BCUT2D eigenvalue weighted by atomic mass is 9.65. The van der Waals surface area contributed by atoms with Crippen molar-refractivity contribution in [3.8, 4) is 11.5 Å². The molecule has 1 aromatic rings. The number of fused-ring (bicyclic) bond motifs is 3. The number of ether oxygens (including phenoxy) is 1. The molecule has 1 aliphatic carbocycles. The zero-order valence-electron chi connectivity index (χ0n) is 12.4. The summed E-state index contributed by atoms with van der Waals surface area (Å²) in [7, 11) is 0. The molecule has 3 atom stereocenters. The normalized spacial score (nSPS) is 32.9. The highest BCUT2D eigenvalue weighted by Crippen LogP contribution is 2.58. The van der Waals surface area contributed by atoms with Gasteiger partial charge in [-0.15, -0.1) is 0 Å². The van der Waals surface area contributed by atoms with Crippen LogP contribution in [0.25, 0.3) is 0 Å². The van der Waals surface area contributed by atoms with Crippen LogP contribution in [0.2, 0.25) is 0 Å². The van der Waals surface area contributed by atoms with Gasteiger partial charge < -0.3 is 9.84 Å². The van der Waals surface area contributed by atoms with Crippen LogP contribution in [0.1, 0.15) is 57.1 Å². The first-order chi connectivity index (χ1) is 8.94. The van der Waals surface area contributed by atoms with Crippen LogP contribution >= 0.6 is 0 Å². The number of phenols is 1. The highest BCUT2D eigenvalue weighted by atomic mass is 16.5. The second kappa shape index (κ2) is 4.16. The Hall–Kier alpha value is -1.18. The van der Waals surface area contributed by atoms with E-state index in [-0.39, 0.29) is 5.60 Å². The van der Waals surface area contributed by atoms with Crippen LogP contribution in [0.4, 0.5) is 0 Å². The molecule has 0 aromatic heterocycles. The molecule has 0 bridgehead atoms. The maximum absolute atomic E-state index is 10.4. The average Bonchev–Trinajstić information content (AvgIpc) is 2.63. The van der Waals surface area contributed by atoms with Gasteiger partial charge in [-0.3, -0.25) is 0 Å². The van der Waals surface area contributed by atoms with Gasteiger partial charge >= 0.3 is 0 Å². The Balaban J connectivity index is 2.13. The van der Waals surface area contributed by atoms with E-state index >= 15 is 0 Å². The summed E-state index contributed by atoms with van der Waals surface area (Å²) in [5.41, 5.74) is 2.04. The van der Waals surface area contributed by atoms with Gasteiger partial charge in [-0.2, -0.15) is 0 Å². The number of hydrogen-bond donors (Lipinski definition) is 1. The number of rotatable bonds is 1. The molecule has 2 aliphatic rings. The zero-order valence-corrected chi connectivity index (χ0v) is 12.4. The van der Waals surface area contributed by atoms with Gasteiger partial charge in [0.15, 0.2) is 0 Å². The molecule has 0 saturated heterocycles. The average molecular weight is 260 g/mol. The van der Waals surface area contributed by atoms with Crippen molar-refractivity contribution in [1.82, 2.24) is 0 Å². The van der Waals surface area contributed by atoms with E-state index in [1.807, 2.05) is 13.0 Å². The van der Waals surface area contributed by atoms with Gasteiger partial charge in [0.2, 0.25) is 0 Å². The summed E-state index contributed by atoms with van der Waals surface area (Å²) in [5, 5.41) is 10.4. The van der Waals surface area contributed by atoms with Crippen molar-refractivity contribution in [2.45, 2.75) is 58.5 Å². The number of benzene rings is 1. The van der Waals surface area contributed by atoms with Crippen LogP contribution in [-0.2, 0) is 0 Å². The third kappa shape index (κ3) is 1.76. The van der Waals surface area contributed by atoms with Crippen molar-refractivity contribution in [1.29, 1.82) is 0 Å². The maximum Gasteiger partial charge on any atom is 0.127 e. The highest BCUT2D eigenvalue weighted by Gasteiger charge is 2.53. The van der Waals surface area contributed by atoms with Crippen LogP contribution in [0.3, 0.4) is 0 Å². The molecule has 1 saturated carbocycles. The van der Waals surface area contributed by atoms with Crippen LogP contribution in [-0.4, -0.2) is 10.7 Å². The summed E-state index contributed by atoms with van der Waals surface area (Å²) in [6.07, 6.45) is 3.45. The van der Waals surface area contributed by atoms with E-state index < -0.39 is 0 Å². The predicted molar refractivity (Wildman–Crippen MR) is 76.8 cm³/mol. The van der Waals surface area contributed by atoms with Crippen molar-refractivity contribution in [2.75, 3.05) is 0 Å². The summed E-state index contributed by atoms with van der Waals surface area (Å²) >= 11 is 0. The van der Waals surface area contributed by atoms with Crippen molar-refractivity contribution in [3.63, 3.8) is 0 Å². The predicted octanol–water partition coefficient (Wildman–Crippen LogP) is 4.39. The minimum Gasteiger partial charge on any atom is -0.508 e. The third-order valence-corrected chi connectivity index (χ3v) is 5.15. The largest absolute Gasteiger partial charge is 0.508 e. The Bertz CT molecular complexity index is 506. The molecule has 0 spiro atoms. The molecule has 0 radical (unpaired) electrons. The third-order valence-electron chi connectivity index (χ3n) is 5.15. The van der Waals surface area contributed by atoms with Gasteiger partial charge in [0.05, 0.1) is 0 Å². The van der Waals surface area contributed by atoms with Crippen molar-refractivity contribution >= 4 is 0 Å². The monoisotopic (exact) mass is 260 g/mol. The molecular weight excluding hydrogens is 236 g/mol. The molecule has 1 N–H and O–H groups in total. The lowest BCUT2D eigenvalue weighted by Crippen LogP contribution is -2.46. The molecule has 2 nitrogen and oxygen atoms in total. The first-order valence-corrected chi connectivity index (χ1v) is 7.46. The first-order valence-electron chi connectivity index (χ1n) is 7.46. The zero-order chi connectivity index (χ0) is 13.8. The Morgan fingerprint density at radius 1 is 1.37 bits per heavy atom. The molecule has 104 valence electrons. The van der Waals surface area contributed by atoms with E-state index in [4.69, 9.17) is 4.74 Å². The second-order valence-corrected chi connectivity index (χ2v) is 6.84. The van der Waals surface area contributed by atoms with Crippen molar-refractivity contribution in [2.24, 2.45) is 11.8 Å². The minimum absolute atomic E-state index is 0.0971. The summed E-state index contributed by atoms with van der Waals surface area (Å²) in [4.78, 5) is 0. The van der Waals surface area contributed by atoms with Crippen LogP contribution in [0, 0.1) is 18.8 Å². The molecule has 1 fully saturated rings. The molecule has 19 heavy (non-hydrogen) atoms. The van der Waals surface area contributed by atoms with Gasteiger partial charge in [0.1, 0.15) is 17.1 Å². The van der Waals surface area contributed by atoms with Gasteiger partial charge in [0, 0.05) is 11.5 Å². The Kier molecular flexibility index (Phi) is 2.81. The summed E-state index contributed by atoms with van der Waals surface area (Å²) in [5.74, 6) is 2.89. The standard InChI is InChI=1S/C17H24O2/c1-10(2)17-6-5-11(3)7-13(17)16-14(18)8-12(4)9-15(16)19-17/h8-11,13,18H,5-7H2,1-4H3/t11-,13-,17+/m0/s1. The van der Waals surface area contributed by atoms with Gasteiger partial charge in [-0.25, -0.2) is 0 Å². The lowest BCUT2D eigenvalue weighted by Gasteiger charge is -2.43. The van der Waals surface area contributed by atoms with Gasteiger partial charge in [-0.1, -0.05) is 20.8 Å². The Morgan fingerprint density at radius 3 is 2.79 bits per heavy atom. The smallest absolute Gasteiger partial charge is 0.127 e. The SMILES string of the molecule is Cc1cc(O)c2c(c1)O[C@@]1(C(C)C)CC[C@H](C)C[C@@H]21. The van der Waals surface area contributed by atoms with E-state index in [0.717, 1.165) is 29.7 Å². The number of aryl methyl sites for hydroxylation is 1. The topological polar surface area (TPSA) is 29.5 Å². The molecule has 0 unspecified atom stereocenters. The molecular formula is C17H24O2.